The second-order valence-corrected chi connectivity index (χ2v) is 10.3. The molecule has 0 amide bonds. The van der Waals surface area contributed by atoms with E-state index in [1.165, 1.54) is 9.18 Å². The molecule has 0 fully saturated rings. The number of aryl methyl sites for hydroxylation is 2. The molecule has 2 N–H and O–H groups in total. The van der Waals surface area contributed by atoms with Crippen molar-refractivity contribution in [2.24, 2.45) is 4.99 Å². The van der Waals surface area contributed by atoms with E-state index in [9.17, 15) is 8.42 Å². The van der Waals surface area contributed by atoms with Crippen molar-refractivity contribution >= 4 is 51.3 Å². The van der Waals surface area contributed by atoms with E-state index in [1.807, 2.05) is 46.8 Å². The molecule has 1 aromatic heterocycles. The van der Waals surface area contributed by atoms with Crippen molar-refractivity contribution in [2.45, 2.75) is 58.6 Å². The Balaban J connectivity index is 0.00000450. The fourth-order valence-corrected chi connectivity index (χ4v) is 4.87. The summed E-state index contributed by atoms with van der Waals surface area (Å²) in [7, 11) is -1.87. The topological polar surface area (TPSA) is 86.7 Å². The number of thiazole rings is 1. The fraction of sp³-hybridized carbons (Fsp3) is 0.500. The summed E-state index contributed by atoms with van der Waals surface area (Å²) >= 11 is 1.68. The zero-order chi connectivity index (χ0) is 21.6. The Hall–Kier alpha value is -1.24. The van der Waals surface area contributed by atoms with Crippen LogP contribution in [0.25, 0.3) is 0 Å². The average Bonchev–Trinajstić information content (AvgIpc) is 3.00. The fourth-order valence-electron chi connectivity index (χ4n) is 2.62. The molecule has 0 saturated heterocycles. The second kappa shape index (κ2) is 12.0. The number of guanidine groups is 1. The number of nitrogens with zero attached hydrogens (tertiary/aromatic N) is 3. The summed E-state index contributed by atoms with van der Waals surface area (Å²) in [5, 5.41) is 7.62. The third-order valence-electron chi connectivity index (χ3n) is 4.51. The Morgan fingerprint density at radius 2 is 1.83 bits per heavy atom. The lowest BCUT2D eigenvalue weighted by Crippen LogP contribution is -2.36. The highest BCUT2D eigenvalue weighted by Crippen LogP contribution is 2.18. The molecule has 0 aliphatic rings. The van der Waals surface area contributed by atoms with Gasteiger partial charge in [-0.05, 0) is 52.3 Å². The lowest BCUT2D eigenvalue weighted by molar-refractivity contribution is 0.410. The highest BCUT2D eigenvalue weighted by molar-refractivity contribution is 14.0. The number of hydrogen-bond acceptors (Lipinski definition) is 5. The summed E-state index contributed by atoms with van der Waals surface area (Å²) in [6.07, 6.45) is 0. The monoisotopic (exact) mass is 565 g/mol. The van der Waals surface area contributed by atoms with Crippen molar-refractivity contribution in [3.05, 3.63) is 45.4 Å². The van der Waals surface area contributed by atoms with Gasteiger partial charge in [0, 0.05) is 24.5 Å². The van der Waals surface area contributed by atoms with Gasteiger partial charge in [0.25, 0.3) is 0 Å². The number of nitrogens with one attached hydrogen (secondary N) is 2. The van der Waals surface area contributed by atoms with E-state index in [4.69, 9.17) is 0 Å². The average molecular weight is 566 g/mol. The number of rotatable bonds is 8. The van der Waals surface area contributed by atoms with Gasteiger partial charge in [-0.1, -0.05) is 12.1 Å². The second-order valence-electron chi connectivity index (χ2n) is 7.05. The molecule has 30 heavy (non-hydrogen) atoms. The van der Waals surface area contributed by atoms with E-state index < -0.39 is 10.0 Å². The van der Waals surface area contributed by atoms with Gasteiger partial charge in [0.1, 0.15) is 0 Å². The molecule has 168 valence electrons. The normalized spacial score (nSPS) is 12.2. The number of halogens is 1. The first-order chi connectivity index (χ1) is 13.6. The van der Waals surface area contributed by atoms with Crippen molar-refractivity contribution in [2.75, 3.05) is 13.6 Å². The van der Waals surface area contributed by atoms with Crippen molar-refractivity contribution < 1.29 is 8.42 Å². The molecule has 0 aliphatic heterocycles. The van der Waals surface area contributed by atoms with Crippen LogP contribution in [0.5, 0.6) is 0 Å². The lowest BCUT2D eigenvalue weighted by Gasteiger charge is -2.21. The number of aromatic nitrogens is 1. The van der Waals surface area contributed by atoms with Crippen LogP contribution in [-0.4, -0.2) is 43.3 Å². The van der Waals surface area contributed by atoms with Gasteiger partial charge in [-0.2, -0.15) is 4.31 Å². The molecule has 0 bridgehead atoms. The Morgan fingerprint density at radius 3 is 2.33 bits per heavy atom. The quantitative estimate of drug-likeness (QED) is 0.290. The summed E-state index contributed by atoms with van der Waals surface area (Å²) in [6, 6.07) is 6.81. The van der Waals surface area contributed by atoms with E-state index in [-0.39, 0.29) is 30.0 Å². The summed E-state index contributed by atoms with van der Waals surface area (Å²) in [5.41, 5.74) is 1.98. The molecule has 2 aromatic rings. The summed E-state index contributed by atoms with van der Waals surface area (Å²) in [6.45, 7) is 11.6. The zero-order valence-electron chi connectivity index (χ0n) is 18.4. The van der Waals surface area contributed by atoms with Crippen LogP contribution in [0.1, 0.15) is 41.9 Å². The third-order valence-corrected chi connectivity index (χ3v) is 7.63. The van der Waals surface area contributed by atoms with E-state index in [2.05, 4.69) is 20.6 Å². The van der Waals surface area contributed by atoms with Crippen LogP contribution in [0.2, 0.25) is 0 Å². The molecule has 0 radical (unpaired) electrons. The van der Waals surface area contributed by atoms with Crippen molar-refractivity contribution in [3.8, 4) is 0 Å². The van der Waals surface area contributed by atoms with E-state index in [0.717, 1.165) is 22.8 Å². The van der Waals surface area contributed by atoms with Crippen molar-refractivity contribution in [1.29, 1.82) is 0 Å². The van der Waals surface area contributed by atoms with Crippen LogP contribution in [0.3, 0.4) is 0 Å². The molecule has 0 aliphatic carbocycles. The van der Waals surface area contributed by atoms with Crippen LogP contribution < -0.4 is 10.6 Å². The molecule has 0 spiro atoms. The van der Waals surface area contributed by atoms with Gasteiger partial charge in [-0.3, -0.25) is 0 Å². The maximum absolute atomic E-state index is 12.6. The molecule has 0 unspecified atom stereocenters. The number of aliphatic imine (C=N–C) groups is 1. The summed E-state index contributed by atoms with van der Waals surface area (Å²) < 4.78 is 26.5. The lowest BCUT2D eigenvalue weighted by atomic mass is 10.2. The smallest absolute Gasteiger partial charge is 0.243 e. The number of hydrogen-bond donors (Lipinski definition) is 2. The van der Waals surface area contributed by atoms with Crippen LogP contribution in [0, 0.1) is 13.8 Å². The molecule has 1 aromatic carbocycles. The van der Waals surface area contributed by atoms with Crippen LogP contribution in [0.4, 0.5) is 0 Å². The highest BCUT2D eigenvalue weighted by atomic mass is 127. The Bertz CT molecular complexity index is 941. The Kier molecular flexibility index (Phi) is 10.7. The Labute approximate surface area is 201 Å². The zero-order valence-corrected chi connectivity index (χ0v) is 22.4. The van der Waals surface area contributed by atoms with Crippen LogP contribution in [0.15, 0.2) is 34.2 Å². The van der Waals surface area contributed by atoms with Gasteiger partial charge in [0.15, 0.2) is 5.96 Å². The largest absolute Gasteiger partial charge is 0.357 e. The van der Waals surface area contributed by atoms with Gasteiger partial charge >= 0.3 is 0 Å². The molecule has 1 heterocycles. The van der Waals surface area contributed by atoms with E-state index in [1.54, 1.807) is 30.5 Å². The molecular formula is C20H32IN5O2S2. The maximum atomic E-state index is 12.6. The molecule has 10 heteroatoms. The first-order valence-electron chi connectivity index (χ1n) is 9.67. The van der Waals surface area contributed by atoms with Crippen LogP contribution in [-0.2, 0) is 23.1 Å². The van der Waals surface area contributed by atoms with E-state index in [0.29, 0.717) is 23.9 Å². The standard InChI is InChI=1S/C20H31N5O2S2.HI/c1-7-21-20(23-13-19-15(4)24-16(5)28-19)22-12-17-8-10-18(11-9-17)29(26,27)25(6)14(2)3;/h8-11,14H,7,12-13H2,1-6H3,(H2,21,22,23);1H. The first-order valence-corrected chi connectivity index (χ1v) is 11.9. The molecule has 7 nitrogen and oxygen atoms in total. The van der Waals surface area contributed by atoms with Gasteiger partial charge in [0.2, 0.25) is 10.0 Å². The first kappa shape index (κ1) is 26.8. The molecule has 2 rings (SSSR count). The van der Waals surface area contributed by atoms with Gasteiger partial charge in [-0.15, -0.1) is 35.3 Å². The number of sulfonamides is 1. The molecular weight excluding hydrogens is 533 g/mol. The molecule has 0 atom stereocenters. The van der Waals surface area contributed by atoms with Gasteiger partial charge in [-0.25, -0.2) is 18.4 Å². The predicted octanol–water partition coefficient (Wildman–Crippen LogP) is 3.66. The number of benzene rings is 1. The Morgan fingerprint density at radius 1 is 1.20 bits per heavy atom. The van der Waals surface area contributed by atoms with Crippen molar-refractivity contribution in [1.82, 2.24) is 19.9 Å². The van der Waals surface area contributed by atoms with E-state index >= 15 is 0 Å². The summed E-state index contributed by atoms with van der Waals surface area (Å²) in [4.78, 5) is 10.5. The van der Waals surface area contributed by atoms with Crippen LogP contribution >= 0.6 is 35.3 Å². The minimum atomic E-state index is -3.47. The highest BCUT2D eigenvalue weighted by Gasteiger charge is 2.22. The minimum absolute atomic E-state index is 0. The third kappa shape index (κ3) is 7.17. The maximum Gasteiger partial charge on any atom is 0.243 e. The van der Waals surface area contributed by atoms with Gasteiger partial charge < -0.3 is 10.6 Å². The SMILES string of the molecule is CCNC(=NCc1ccc(S(=O)(=O)N(C)C(C)C)cc1)NCc1sc(C)nc1C.I. The van der Waals surface area contributed by atoms with Crippen molar-refractivity contribution in [3.63, 3.8) is 0 Å². The predicted molar refractivity (Wildman–Crippen MR) is 135 cm³/mol. The minimum Gasteiger partial charge on any atom is -0.357 e. The van der Waals surface area contributed by atoms with Gasteiger partial charge in [0.05, 0.1) is 28.7 Å². The summed E-state index contributed by atoms with van der Waals surface area (Å²) in [5.74, 6) is 0.717. The molecule has 0 saturated carbocycles.